The van der Waals surface area contributed by atoms with Crippen molar-refractivity contribution < 1.29 is 4.79 Å². The van der Waals surface area contributed by atoms with Crippen LogP contribution in [0.4, 0.5) is 0 Å². The highest BCUT2D eigenvalue weighted by atomic mass is 16.1. The summed E-state index contributed by atoms with van der Waals surface area (Å²) in [5.74, 6) is 0. The monoisotopic (exact) mass is 241 g/mol. The van der Waals surface area contributed by atoms with Crippen molar-refractivity contribution in [2.75, 3.05) is 0 Å². The number of aryl methyl sites for hydroxylation is 3. The summed E-state index contributed by atoms with van der Waals surface area (Å²) < 4.78 is 1.88. The second-order valence-corrected chi connectivity index (χ2v) is 4.51. The lowest BCUT2D eigenvalue weighted by molar-refractivity contribution is 0.112. The van der Waals surface area contributed by atoms with Crippen molar-refractivity contribution in [3.63, 3.8) is 0 Å². The van der Waals surface area contributed by atoms with E-state index in [2.05, 4.69) is 0 Å². The number of hydrogen-bond acceptors (Lipinski definition) is 2. The Hall–Kier alpha value is -2.16. The van der Waals surface area contributed by atoms with Crippen molar-refractivity contribution in [1.29, 1.82) is 0 Å². The maximum atomic E-state index is 11.6. The van der Waals surface area contributed by atoms with Gasteiger partial charge in [-0.15, -0.1) is 0 Å². The maximum Gasteiger partial charge on any atom is 0.192 e. The lowest BCUT2D eigenvalue weighted by Gasteiger charge is -2.14. The van der Waals surface area contributed by atoms with Gasteiger partial charge >= 0.3 is 0 Å². The number of aromatic nitrogens is 1. The number of carbonyl (C=O) groups is 1. The predicted molar refractivity (Wildman–Crippen MR) is 71.6 cm³/mol. The summed E-state index contributed by atoms with van der Waals surface area (Å²) in [6.07, 6.45) is 2.20. The Kier molecular flexibility index (Phi) is 3.15. The summed E-state index contributed by atoms with van der Waals surface area (Å²) >= 11 is 0. The van der Waals surface area contributed by atoms with Crippen LogP contribution in [0.15, 0.2) is 35.3 Å². The summed E-state index contributed by atoms with van der Waals surface area (Å²) in [5.41, 5.74) is 4.01. The molecule has 0 aliphatic carbocycles. The van der Waals surface area contributed by atoms with Gasteiger partial charge in [0, 0.05) is 23.6 Å². The minimum absolute atomic E-state index is 0.182. The van der Waals surface area contributed by atoms with Gasteiger partial charge in [-0.1, -0.05) is 12.1 Å². The normalized spacial score (nSPS) is 10.4. The first-order valence-electron chi connectivity index (χ1n) is 5.79. The predicted octanol–water partition coefficient (Wildman–Crippen LogP) is 2.58. The van der Waals surface area contributed by atoms with Gasteiger partial charge in [0.15, 0.2) is 11.7 Å². The summed E-state index contributed by atoms with van der Waals surface area (Å²) in [5, 5.41) is 0. The highest BCUT2D eigenvalue weighted by molar-refractivity contribution is 5.74. The van der Waals surface area contributed by atoms with Crippen molar-refractivity contribution in [2.45, 2.75) is 20.8 Å². The van der Waals surface area contributed by atoms with Crippen LogP contribution in [-0.4, -0.2) is 10.9 Å². The van der Waals surface area contributed by atoms with Crippen LogP contribution in [0.25, 0.3) is 5.69 Å². The molecule has 0 aliphatic rings. The molecule has 0 saturated carbocycles. The van der Waals surface area contributed by atoms with Gasteiger partial charge in [0.1, 0.15) is 0 Å². The fraction of sp³-hybridized carbons (Fsp3) is 0.200. The minimum Gasteiger partial charge on any atom is -0.320 e. The molecule has 0 spiro atoms. The zero-order chi connectivity index (χ0) is 13.3. The molecule has 2 rings (SSSR count). The van der Waals surface area contributed by atoms with Gasteiger partial charge in [0.2, 0.25) is 0 Å². The summed E-state index contributed by atoms with van der Waals surface area (Å²) in [7, 11) is 0. The fourth-order valence-electron chi connectivity index (χ4n) is 1.97. The zero-order valence-corrected chi connectivity index (χ0v) is 10.7. The molecular formula is C15H15NO2. The molecule has 92 valence electrons. The van der Waals surface area contributed by atoms with E-state index in [1.807, 2.05) is 43.5 Å². The number of benzene rings is 1. The van der Waals surface area contributed by atoms with E-state index in [1.165, 1.54) is 6.07 Å². The number of nitrogens with zero attached hydrogens (tertiary/aromatic N) is 1. The Morgan fingerprint density at radius 1 is 1.11 bits per heavy atom. The Morgan fingerprint density at radius 3 is 2.50 bits per heavy atom. The van der Waals surface area contributed by atoms with E-state index in [0.29, 0.717) is 6.29 Å². The summed E-state index contributed by atoms with van der Waals surface area (Å²) in [6, 6.07) is 7.60. The van der Waals surface area contributed by atoms with Gasteiger partial charge in [-0.05, 0) is 38.0 Å². The van der Waals surface area contributed by atoms with E-state index in [0.717, 1.165) is 22.5 Å². The van der Waals surface area contributed by atoms with Crippen molar-refractivity contribution in [3.05, 3.63) is 63.1 Å². The summed E-state index contributed by atoms with van der Waals surface area (Å²) in [4.78, 5) is 22.4. The van der Waals surface area contributed by atoms with Crippen molar-refractivity contribution in [3.8, 4) is 5.69 Å². The highest BCUT2D eigenvalue weighted by Crippen LogP contribution is 2.17. The first-order valence-corrected chi connectivity index (χ1v) is 5.79. The van der Waals surface area contributed by atoms with Crippen LogP contribution in [0.2, 0.25) is 0 Å². The third-order valence-corrected chi connectivity index (χ3v) is 3.02. The quantitative estimate of drug-likeness (QED) is 0.758. The second kappa shape index (κ2) is 4.61. The van der Waals surface area contributed by atoms with E-state index in [1.54, 1.807) is 6.20 Å². The third kappa shape index (κ3) is 2.12. The second-order valence-electron chi connectivity index (χ2n) is 4.51. The molecule has 18 heavy (non-hydrogen) atoms. The lowest BCUT2D eigenvalue weighted by atomic mass is 10.1. The highest BCUT2D eigenvalue weighted by Gasteiger charge is 2.07. The van der Waals surface area contributed by atoms with Crippen LogP contribution < -0.4 is 5.43 Å². The van der Waals surface area contributed by atoms with Crippen LogP contribution in [-0.2, 0) is 0 Å². The SMILES string of the molecule is Cc1ccc(C)c(-n2cc(C=O)c(=O)cc2C)c1. The molecule has 1 aromatic heterocycles. The molecular weight excluding hydrogens is 226 g/mol. The number of rotatable bonds is 2. The third-order valence-electron chi connectivity index (χ3n) is 3.02. The van der Waals surface area contributed by atoms with E-state index < -0.39 is 0 Å². The average molecular weight is 241 g/mol. The van der Waals surface area contributed by atoms with Crippen LogP contribution in [0.3, 0.4) is 0 Å². The van der Waals surface area contributed by atoms with E-state index in [4.69, 9.17) is 0 Å². The number of hydrogen-bond donors (Lipinski definition) is 0. The van der Waals surface area contributed by atoms with Crippen LogP contribution in [0.5, 0.6) is 0 Å². The Bertz CT molecular complexity index is 669. The van der Waals surface area contributed by atoms with E-state index in [-0.39, 0.29) is 11.0 Å². The first kappa shape index (κ1) is 12.3. The molecule has 0 aliphatic heterocycles. The van der Waals surface area contributed by atoms with E-state index >= 15 is 0 Å². The first-order chi connectivity index (χ1) is 8.52. The van der Waals surface area contributed by atoms with Gasteiger partial charge in [0.05, 0.1) is 5.56 Å². The molecule has 2 aromatic rings. The molecule has 0 atom stereocenters. The largest absolute Gasteiger partial charge is 0.320 e. The molecule has 0 fully saturated rings. The van der Waals surface area contributed by atoms with Gasteiger partial charge in [-0.25, -0.2) is 0 Å². The van der Waals surface area contributed by atoms with Crippen molar-refractivity contribution in [2.24, 2.45) is 0 Å². The van der Waals surface area contributed by atoms with Gasteiger partial charge in [0.25, 0.3) is 0 Å². The van der Waals surface area contributed by atoms with Crippen LogP contribution >= 0.6 is 0 Å². The number of carbonyl (C=O) groups excluding carboxylic acids is 1. The van der Waals surface area contributed by atoms with Crippen LogP contribution in [0, 0.1) is 20.8 Å². The minimum atomic E-state index is -0.232. The molecule has 0 amide bonds. The van der Waals surface area contributed by atoms with Crippen LogP contribution in [0.1, 0.15) is 27.2 Å². The van der Waals surface area contributed by atoms with Gasteiger partial charge in [-0.2, -0.15) is 0 Å². The molecule has 0 radical (unpaired) electrons. The molecule has 0 bridgehead atoms. The van der Waals surface area contributed by atoms with E-state index in [9.17, 15) is 9.59 Å². The molecule has 1 aromatic carbocycles. The molecule has 0 N–H and O–H groups in total. The lowest BCUT2D eigenvalue weighted by Crippen LogP contribution is -2.14. The standard InChI is InChI=1S/C15H15NO2/c1-10-4-5-11(2)14(6-10)16-8-13(9-17)15(18)7-12(16)3/h4-9H,1-3H3. The van der Waals surface area contributed by atoms with Crippen molar-refractivity contribution in [1.82, 2.24) is 4.57 Å². The molecule has 3 nitrogen and oxygen atoms in total. The maximum absolute atomic E-state index is 11.6. The zero-order valence-electron chi connectivity index (χ0n) is 10.7. The van der Waals surface area contributed by atoms with Gasteiger partial charge < -0.3 is 4.57 Å². The molecule has 0 unspecified atom stereocenters. The topological polar surface area (TPSA) is 39.1 Å². The Balaban J connectivity index is 2.74. The Morgan fingerprint density at radius 2 is 1.83 bits per heavy atom. The average Bonchev–Trinajstić information content (AvgIpc) is 2.33. The number of pyridine rings is 1. The fourth-order valence-corrected chi connectivity index (χ4v) is 1.97. The summed E-state index contributed by atoms with van der Waals surface area (Å²) in [6.45, 7) is 5.88. The molecule has 0 saturated heterocycles. The van der Waals surface area contributed by atoms with Crippen molar-refractivity contribution >= 4 is 6.29 Å². The number of aldehydes is 1. The molecule has 3 heteroatoms. The Labute approximate surface area is 106 Å². The van der Waals surface area contributed by atoms with Gasteiger partial charge in [-0.3, -0.25) is 9.59 Å². The smallest absolute Gasteiger partial charge is 0.192 e. The molecule has 1 heterocycles.